The van der Waals surface area contributed by atoms with Crippen molar-refractivity contribution in [2.45, 2.75) is 57.9 Å². The number of imide groups is 1. The molecule has 0 aromatic heterocycles. The Hall–Kier alpha value is -0.970. The molecule has 1 saturated heterocycles. The van der Waals surface area contributed by atoms with Crippen LogP contribution in [-0.2, 0) is 9.59 Å². The molecule has 1 spiro atoms. The smallest absolute Gasteiger partial charge is 0.236 e. The molecule has 1 aliphatic heterocycles. The Balaban J connectivity index is 2.37. The molecular weight excluding hydrogens is 248 g/mol. The second-order valence-electron chi connectivity index (χ2n) is 5.69. The van der Waals surface area contributed by atoms with Crippen molar-refractivity contribution in [1.29, 1.82) is 0 Å². The predicted molar refractivity (Wildman–Crippen MR) is 72.9 cm³/mol. The van der Waals surface area contributed by atoms with E-state index in [4.69, 9.17) is 18.0 Å². The third kappa shape index (κ3) is 1.67. The van der Waals surface area contributed by atoms with Crippen LogP contribution < -0.4 is 5.73 Å². The van der Waals surface area contributed by atoms with E-state index < -0.39 is 11.0 Å². The summed E-state index contributed by atoms with van der Waals surface area (Å²) in [4.78, 5) is 26.5. The first kappa shape index (κ1) is 13.5. The number of nitrogens with zero attached hydrogens (tertiary/aromatic N) is 1. The second kappa shape index (κ2) is 4.30. The molecule has 100 valence electrons. The minimum absolute atomic E-state index is 0.0536. The van der Waals surface area contributed by atoms with Crippen LogP contribution in [0.4, 0.5) is 0 Å². The lowest BCUT2D eigenvalue weighted by Crippen LogP contribution is -2.57. The first-order chi connectivity index (χ1) is 8.37. The minimum atomic E-state index is -0.810. The molecule has 4 nitrogen and oxygen atoms in total. The Morgan fingerprint density at radius 3 is 2.44 bits per heavy atom. The maximum Gasteiger partial charge on any atom is 0.236 e. The summed E-state index contributed by atoms with van der Waals surface area (Å²) in [6.45, 7) is 3.69. The highest BCUT2D eigenvalue weighted by atomic mass is 32.1. The summed E-state index contributed by atoms with van der Waals surface area (Å²) in [7, 11) is 0. The molecule has 2 aliphatic rings. The fraction of sp³-hybridized carbons (Fsp3) is 0.769. The van der Waals surface area contributed by atoms with E-state index in [2.05, 4.69) is 0 Å². The van der Waals surface area contributed by atoms with Crippen molar-refractivity contribution >= 4 is 29.0 Å². The Kier molecular flexibility index (Phi) is 3.21. The number of likely N-dealkylation sites (tertiary alicyclic amines) is 1. The zero-order valence-corrected chi connectivity index (χ0v) is 11.8. The minimum Gasteiger partial charge on any atom is -0.391 e. The quantitative estimate of drug-likeness (QED) is 0.626. The standard InChI is InChI=1S/C13H20N2O2S/c1-3-12(2,10(14)18)15-9(16)8-13(11(15)17)6-4-5-7-13/h3-8H2,1-2H3,(H2,14,18). The zero-order chi connectivity index (χ0) is 13.6. The number of carbonyl (C=O) groups is 2. The Morgan fingerprint density at radius 1 is 1.44 bits per heavy atom. The van der Waals surface area contributed by atoms with Crippen LogP contribution in [0.1, 0.15) is 52.4 Å². The first-order valence-electron chi connectivity index (χ1n) is 6.55. The van der Waals surface area contributed by atoms with Crippen LogP contribution in [0.2, 0.25) is 0 Å². The number of nitrogens with two attached hydrogens (primary N) is 1. The average molecular weight is 268 g/mol. The first-order valence-corrected chi connectivity index (χ1v) is 6.95. The second-order valence-corrected chi connectivity index (χ2v) is 6.13. The lowest BCUT2D eigenvalue weighted by Gasteiger charge is -2.36. The average Bonchev–Trinajstić information content (AvgIpc) is 2.86. The topological polar surface area (TPSA) is 63.4 Å². The molecule has 0 bridgehead atoms. The highest BCUT2D eigenvalue weighted by Crippen LogP contribution is 2.48. The SMILES string of the molecule is CCC(C)(C(N)=S)N1C(=O)CC2(CCCC2)C1=O. The molecule has 2 amide bonds. The Labute approximate surface area is 113 Å². The fourth-order valence-electron chi connectivity index (χ4n) is 3.18. The van der Waals surface area contributed by atoms with Crippen LogP contribution in [0.5, 0.6) is 0 Å². The van der Waals surface area contributed by atoms with Gasteiger partial charge in [0.15, 0.2) is 0 Å². The van der Waals surface area contributed by atoms with Gasteiger partial charge in [-0.3, -0.25) is 14.5 Å². The van der Waals surface area contributed by atoms with E-state index in [-0.39, 0.29) is 16.8 Å². The zero-order valence-electron chi connectivity index (χ0n) is 11.0. The number of hydrogen-bond acceptors (Lipinski definition) is 3. The monoisotopic (exact) mass is 268 g/mol. The van der Waals surface area contributed by atoms with Gasteiger partial charge in [0.1, 0.15) is 0 Å². The largest absolute Gasteiger partial charge is 0.391 e. The normalized spacial score (nSPS) is 25.8. The van der Waals surface area contributed by atoms with E-state index in [0.29, 0.717) is 12.8 Å². The van der Waals surface area contributed by atoms with Crippen LogP contribution in [-0.4, -0.2) is 27.2 Å². The van der Waals surface area contributed by atoms with E-state index in [0.717, 1.165) is 25.7 Å². The van der Waals surface area contributed by atoms with E-state index in [1.165, 1.54) is 4.90 Å². The summed E-state index contributed by atoms with van der Waals surface area (Å²) in [6.07, 6.45) is 4.61. The molecule has 5 heteroatoms. The molecule has 0 aromatic rings. The van der Waals surface area contributed by atoms with Gasteiger partial charge in [0.05, 0.1) is 15.9 Å². The van der Waals surface area contributed by atoms with Crippen molar-refractivity contribution in [1.82, 2.24) is 4.90 Å². The Morgan fingerprint density at radius 2 is 2.00 bits per heavy atom. The molecule has 2 fully saturated rings. The van der Waals surface area contributed by atoms with Crippen molar-refractivity contribution in [3.63, 3.8) is 0 Å². The van der Waals surface area contributed by atoms with Crippen molar-refractivity contribution in [2.75, 3.05) is 0 Å². The third-order valence-electron chi connectivity index (χ3n) is 4.67. The van der Waals surface area contributed by atoms with Gasteiger partial charge in [0.2, 0.25) is 11.8 Å². The van der Waals surface area contributed by atoms with E-state index in [1.807, 2.05) is 6.92 Å². The van der Waals surface area contributed by atoms with Gasteiger partial charge in [-0.1, -0.05) is 32.0 Å². The van der Waals surface area contributed by atoms with Crippen LogP contribution in [0.3, 0.4) is 0 Å². The van der Waals surface area contributed by atoms with E-state index in [1.54, 1.807) is 6.92 Å². The molecule has 1 atom stereocenters. The molecule has 0 aromatic carbocycles. The maximum absolute atomic E-state index is 12.6. The number of thiocarbonyl (C=S) groups is 1. The molecule has 18 heavy (non-hydrogen) atoms. The number of rotatable bonds is 3. The van der Waals surface area contributed by atoms with E-state index >= 15 is 0 Å². The van der Waals surface area contributed by atoms with Gasteiger partial charge < -0.3 is 5.73 Å². The summed E-state index contributed by atoms with van der Waals surface area (Å²) in [5, 5.41) is 0. The van der Waals surface area contributed by atoms with Gasteiger partial charge in [-0.15, -0.1) is 0 Å². The summed E-state index contributed by atoms with van der Waals surface area (Å²) < 4.78 is 0. The van der Waals surface area contributed by atoms with Crippen LogP contribution in [0, 0.1) is 5.41 Å². The van der Waals surface area contributed by atoms with Crippen molar-refractivity contribution in [3.8, 4) is 0 Å². The van der Waals surface area contributed by atoms with Crippen LogP contribution in [0.25, 0.3) is 0 Å². The summed E-state index contributed by atoms with van der Waals surface area (Å²) in [5.41, 5.74) is 4.50. The molecule has 1 aliphatic carbocycles. The number of amides is 2. The Bertz CT molecular complexity index is 415. The third-order valence-corrected chi connectivity index (χ3v) is 5.11. The lowest BCUT2D eigenvalue weighted by molar-refractivity contribution is -0.145. The molecule has 1 saturated carbocycles. The lowest BCUT2D eigenvalue weighted by atomic mass is 9.84. The van der Waals surface area contributed by atoms with Gasteiger partial charge in [-0.25, -0.2) is 0 Å². The van der Waals surface area contributed by atoms with Crippen LogP contribution >= 0.6 is 12.2 Å². The van der Waals surface area contributed by atoms with Gasteiger partial charge in [-0.2, -0.15) is 0 Å². The van der Waals surface area contributed by atoms with Crippen molar-refractivity contribution < 1.29 is 9.59 Å². The fourth-order valence-corrected chi connectivity index (χ4v) is 3.41. The van der Waals surface area contributed by atoms with Crippen LogP contribution in [0.15, 0.2) is 0 Å². The number of carbonyl (C=O) groups excluding carboxylic acids is 2. The maximum atomic E-state index is 12.6. The summed E-state index contributed by atoms with van der Waals surface area (Å²) >= 11 is 5.07. The summed E-state index contributed by atoms with van der Waals surface area (Å²) in [6, 6.07) is 0. The predicted octanol–water partition coefficient (Wildman–Crippen LogP) is 1.76. The van der Waals surface area contributed by atoms with Gasteiger partial charge >= 0.3 is 0 Å². The highest BCUT2D eigenvalue weighted by molar-refractivity contribution is 7.80. The number of hydrogen-bond donors (Lipinski definition) is 1. The van der Waals surface area contributed by atoms with Crippen molar-refractivity contribution in [3.05, 3.63) is 0 Å². The van der Waals surface area contributed by atoms with Crippen molar-refractivity contribution in [2.24, 2.45) is 11.1 Å². The summed E-state index contributed by atoms with van der Waals surface area (Å²) in [5.74, 6) is -0.166. The van der Waals surface area contributed by atoms with Gasteiger partial charge in [0.25, 0.3) is 0 Å². The highest BCUT2D eigenvalue weighted by Gasteiger charge is 2.57. The molecule has 1 unspecified atom stereocenters. The molecular formula is C13H20N2O2S. The van der Waals surface area contributed by atoms with Gasteiger partial charge in [-0.05, 0) is 26.2 Å². The van der Waals surface area contributed by atoms with Gasteiger partial charge in [0, 0.05) is 6.42 Å². The molecule has 0 radical (unpaired) electrons. The molecule has 2 rings (SSSR count). The van der Waals surface area contributed by atoms with E-state index in [9.17, 15) is 9.59 Å². The molecule has 2 N–H and O–H groups in total. The molecule has 1 heterocycles.